The average Bonchev–Trinajstić information content (AvgIpc) is 2.39. The van der Waals surface area contributed by atoms with Gasteiger partial charge in [0.05, 0.1) is 23.5 Å². The molecule has 0 aliphatic heterocycles. The Morgan fingerprint density at radius 2 is 2.11 bits per heavy atom. The summed E-state index contributed by atoms with van der Waals surface area (Å²) in [6.45, 7) is 1.87. The number of hydrogen-bond donors (Lipinski definition) is 1. The van der Waals surface area contributed by atoms with Crippen LogP contribution >= 0.6 is 0 Å². The van der Waals surface area contributed by atoms with Gasteiger partial charge in [-0.1, -0.05) is 6.07 Å². The van der Waals surface area contributed by atoms with Crippen molar-refractivity contribution in [1.29, 1.82) is 5.26 Å². The smallest absolute Gasteiger partial charge is 0.145 e. The first kappa shape index (κ1) is 12.1. The fourth-order valence-electron chi connectivity index (χ4n) is 1.49. The van der Waals surface area contributed by atoms with E-state index >= 15 is 0 Å². The number of hydrogen-bond acceptors (Lipinski definition) is 4. The summed E-state index contributed by atoms with van der Waals surface area (Å²) in [4.78, 5) is 4.20. The Kier molecular flexibility index (Phi) is 3.56. The molecule has 0 saturated carbocycles. The van der Waals surface area contributed by atoms with E-state index in [2.05, 4.69) is 11.1 Å². The van der Waals surface area contributed by atoms with Crippen LogP contribution in [-0.2, 0) is 0 Å². The van der Waals surface area contributed by atoms with Crippen molar-refractivity contribution < 1.29 is 4.74 Å². The molecule has 90 valence electrons. The Balaban J connectivity index is 2.16. The lowest BCUT2D eigenvalue weighted by Crippen LogP contribution is -2.06. The molecule has 0 amide bonds. The Morgan fingerprint density at radius 3 is 2.72 bits per heavy atom. The van der Waals surface area contributed by atoms with Gasteiger partial charge in [-0.25, -0.2) is 0 Å². The van der Waals surface area contributed by atoms with Gasteiger partial charge in [0.15, 0.2) is 0 Å². The summed E-state index contributed by atoms with van der Waals surface area (Å²) in [7, 11) is 0. The van der Waals surface area contributed by atoms with Gasteiger partial charge in [-0.15, -0.1) is 0 Å². The maximum absolute atomic E-state index is 8.79. The number of rotatable bonds is 3. The van der Waals surface area contributed by atoms with Crippen LogP contribution in [0.4, 0.5) is 0 Å². The fourth-order valence-corrected chi connectivity index (χ4v) is 1.49. The van der Waals surface area contributed by atoms with E-state index < -0.39 is 0 Å². The summed E-state index contributed by atoms with van der Waals surface area (Å²) >= 11 is 0. The average molecular weight is 239 g/mol. The van der Waals surface area contributed by atoms with E-state index in [0.29, 0.717) is 17.1 Å². The standard InChI is InChI=1S/C14H13N3O/c1-10(16)14-6-5-13(9-17-14)18-12-4-2-3-11(7-12)8-15/h2-7,9-10H,16H2,1H3/t10-/m1/s1. The van der Waals surface area contributed by atoms with Crippen molar-refractivity contribution in [1.82, 2.24) is 4.98 Å². The third kappa shape index (κ3) is 2.84. The highest BCUT2D eigenvalue weighted by atomic mass is 16.5. The zero-order chi connectivity index (χ0) is 13.0. The lowest BCUT2D eigenvalue weighted by molar-refractivity contribution is 0.479. The van der Waals surface area contributed by atoms with Gasteiger partial charge >= 0.3 is 0 Å². The molecule has 18 heavy (non-hydrogen) atoms. The zero-order valence-electron chi connectivity index (χ0n) is 10.00. The van der Waals surface area contributed by atoms with E-state index in [1.54, 1.807) is 30.5 Å². The van der Waals surface area contributed by atoms with Gasteiger partial charge in [0.2, 0.25) is 0 Å². The van der Waals surface area contributed by atoms with Crippen molar-refractivity contribution in [2.24, 2.45) is 5.73 Å². The molecule has 0 bridgehead atoms. The minimum Gasteiger partial charge on any atom is -0.456 e. The normalized spacial score (nSPS) is 11.6. The Morgan fingerprint density at radius 1 is 1.28 bits per heavy atom. The number of pyridine rings is 1. The molecule has 1 aromatic carbocycles. The van der Waals surface area contributed by atoms with E-state index in [1.807, 2.05) is 19.1 Å². The molecule has 0 unspecified atom stereocenters. The first-order valence-electron chi connectivity index (χ1n) is 5.58. The minimum absolute atomic E-state index is 0.0963. The molecule has 2 aromatic rings. The summed E-state index contributed by atoms with van der Waals surface area (Å²) in [5, 5.41) is 8.79. The summed E-state index contributed by atoms with van der Waals surface area (Å²) in [5.74, 6) is 1.24. The lowest BCUT2D eigenvalue weighted by Gasteiger charge is -2.07. The van der Waals surface area contributed by atoms with Crippen molar-refractivity contribution in [2.75, 3.05) is 0 Å². The summed E-state index contributed by atoms with van der Waals surface area (Å²) in [6, 6.07) is 12.6. The van der Waals surface area contributed by atoms with Crippen molar-refractivity contribution in [3.05, 3.63) is 53.9 Å². The second kappa shape index (κ2) is 5.30. The Bertz CT molecular complexity index is 570. The van der Waals surface area contributed by atoms with Crippen molar-refractivity contribution in [3.8, 4) is 17.6 Å². The van der Waals surface area contributed by atoms with Crippen LogP contribution in [-0.4, -0.2) is 4.98 Å². The number of benzene rings is 1. The number of nitrogens with zero attached hydrogens (tertiary/aromatic N) is 2. The van der Waals surface area contributed by atoms with Crippen LogP contribution in [0.5, 0.6) is 11.5 Å². The van der Waals surface area contributed by atoms with Crippen LogP contribution in [0.2, 0.25) is 0 Å². The fraction of sp³-hybridized carbons (Fsp3) is 0.143. The van der Waals surface area contributed by atoms with Crippen molar-refractivity contribution in [3.63, 3.8) is 0 Å². The molecule has 4 heteroatoms. The Labute approximate surface area is 106 Å². The minimum atomic E-state index is -0.0963. The SMILES string of the molecule is C[C@@H](N)c1ccc(Oc2cccc(C#N)c2)cn1. The van der Waals surface area contributed by atoms with E-state index in [9.17, 15) is 0 Å². The van der Waals surface area contributed by atoms with E-state index in [-0.39, 0.29) is 6.04 Å². The molecule has 0 spiro atoms. The maximum Gasteiger partial charge on any atom is 0.145 e. The number of aromatic nitrogens is 1. The highest BCUT2D eigenvalue weighted by Gasteiger charge is 2.02. The largest absolute Gasteiger partial charge is 0.456 e. The van der Waals surface area contributed by atoms with Crippen LogP contribution in [0.3, 0.4) is 0 Å². The molecule has 4 nitrogen and oxygen atoms in total. The molecule has 0 aliphatic carbocycles. The van der Waals surface area contributed by atoms with Gasteiger partial charge in [-0.2, -0.15) is 5.26 Å². The topological polar surface area (TPSA) is 71.9 Å². The van der Waals surface area contributed by atoms with Crippen LogP contribution in [0.25, 0.3) is 0 Å². The third-order valence-corrected chi connectivity index (χ3v) is 2.42. The molecule has 0 fully saturated rings. The molecule has 0 aliphatic rings. The first-order valence-corrected chi connectivity index (χ1v) is 5.58. The molecule has 0 saturated heterocycles. The molecular formula is C14H13N3O. The van der Waals surface area contributed by atoms with Crippen LogP contribution in [0, 0.1) is 11.3 Å². The highest BCUT2D eigenvalue weighted by molar-refractivity contribution is 5.38. The number of nitrogens with two attached hydrogens (primary N) is 1. The second-order valence-electron chi connectivity index (χ2n) is 3.95. The molecule has 0 radical (unpaired) electrons. The lowest BCUT2D eigenvalue weighted by atomic mass is 10.2. The third-order valence-electron chi connectivity index (χ3n) is 2.42. The maximum atomic E-state index is 8.79. The second-order valence-corrected chi connectivity index (χ2v) is 3.95. The summed E-state index contributed by atoms with van der Waals surface area (Å²) in [6.07, 6.45) is 1.62. The number of ether oxygens (including phenoxy) is 1. The molecular weight excluding hydrogens is 226 g/mol. The first-order chi connectivity index (χ1) is 8.69. The monoisotopic (exact) mass is 239 g/mol. The van der Waals surface area contributed by atoms with Gasteiger partial charge < -0.3 is 10.5 Å². The molecule has 2 rings (SSSR count). The van der Waals surface area contributed by atoms with Gasteiger partial charge in [0, 0.05) is 6.04 Å². The Hall–Kier alpha value is -2.38. The zero-order valence-corrected chi connectivity index (χ0v) is 10.00. The molecule has 2 N–H and O–H groups in total. The van der Waals surface area contributed by atoms with Gasteiger partial charge in [-0.05, 0) is 37.3 Å². The van der Waals surface area contributed by atoms with Gasteiger partial charge in [-0.3, -0.25) is 4.98 Å². The van der Waals surface area contributed by atoms with E-state index in [1.165, 1.54) is 0 Å². The molecule has 1 atom stereocenters. The summed E-state index contributed by atoms with van der Waals surface area (Å²) < 4.78 is 5.60. The molecule has 1 aromatic heterocycles. The van der Waals surface area contributed by atoms with Gasteiger partial charge in [0.25, 0.3) is 0 Å². The molecule has 1 heterocycles. The predicted molar refractivity (Wildman–Crippen MR) is 68.1 cm³/mol. The summed E-state index contributed by atoms with van der Waals surface area (Å²) in [5.41, 5.74) is 7.09. The van der Waals surface area contributed by atoms with E-state index in [4.69, 9.17) is 15.7 Å². The highest BCUT2D eigenvalue weighted by Crippen LogP contribution is 2.22. The van der Waals surface area contributed by atoms with Crippen LogP contribution in [0.15, 0.2) is 42.6 Å². The van der Waals surface area contributed by atoms with Crippen molar-refractivity contribution in [2.45, 2.75) is 13.0 Å². The van der Waals surface area contributed by atoms with E-state index in [0.717, 1.165) is 5.69 Å². The number of nitriles is 1. The van der Waals surface area contributed by atoms with Gasteiger partial charge in [0.1, 0.15) is 11.5 Å². The van der Waals surface area contributed by atoms with Crippen LogP contribution in [0.1, 0.15) is 24.2 Å². The van der Waals surface area contributed by atoms with Crippen molar-refractivity contribution >= 4 is 0 Å². The van der Waals surface area contributed by atoms with Crippen LogP contribution < -0.4 is 10.5 Å². The quantitative estimate of drug-likeness (QED) is 0.893. The predicted octanol–water partition coefficient (Wildman–Crippen LogP) is 2.77.